The van der Waals surface area contributed by atoms with E-state index in [0.29, 0.717) is 11.1 Å². The van der Waals surface area contributed by atoms with Crippen LogP contribution in [0.15, 0.2) is 70.9 Å². The van der Waals surface area contributed by atoms with E-state index in [2.05, 4.69) is 15.6 Å². The SMILES string of the molecule is CC1=C[C@@H](O)CC(=O)Cc2nc(co2)C(=O)N[C@H](Cc2ccc(O)cc2)C(=O)OC(C(C)C)[C@H](C)/C=C/C(=O)NCC=C1. The number of nitrogens with one attached hydrogen (secondary N) is 2. The first-order chi connectivity index (χ1) is 20.4. The van der Waals surface area contributed by atoms with Gasteiger partial charge in [-0.3, -0.25) is 14.4 Å². The van der Waals surface area contributed by atoms with Crippen molar-refractivity contribution in [1.82, 2.24) is 15.6 Å². The number of fused-ring (bicyclic) bond motifs is 2. The van der Waals surface area contributed by atoms with Crippen LogP contribution in [0.25, 0.3) is 0 Å². The van der Waals surface area contributed by atoms with Crippen molar-refractivity contribution in [2.24, 2.45) is 11.8 Å². The number of allylic oxidation sites excluding steroid dienone is 2. The molecule has 3 rings (SSSR count). The lowest BCUT2D eigenvalue weighted by Gasteiger charge is -2.28. The second-order valence-electron chi connectivity index (χ2n) is 10.9. The zero-order valence-corrected chi connectivity index (χ0v) is 24.8. The van der Waals surface area contributed by atoms with Gasteiger partial charge in [0.2, 0.25) is 11.8 Å². The Balaban J connectivity index is 1.91. The molecular formula is C32H39N3O8. The molecule has 0 radical (unpaired) electrons. The zero-order chi connectivity index (χ0) is 31.5. The number of amides is 2. The van der Waals surface area contributed by atoms with Crippen LogP contribution in [-0.2, 0) is 32.0 Å². The van der Waals surface area contributed by atoms with Crippen molar-refractivity contribution in [2.45, 2.75) is 65.2 Å². The number of hydrogen-bond donors (Lipinski definition) is 4. The van der Waals surface area contributed by atoms with Crippen molar-refractivity contribution in [3.05, 3.63) is 83.6 Å². The van der Waals surface area contributed by atoms with Crippen molar-refractivity contribution in [1.29, 1.82) is 0 Å². The van der Waals surface area contributed by atoms with Crippen LogP contribution in [0.1, 0.15) is 56.1 Å². The summed E-state index contributed by atoms with van der Waals surface area (Å²) in [4.78, 5) is 55.6. The minimum absolute atomic E-state index is 0.00442. The van der Waals surface area contributed by atoms with Gasteiger partial charge in [-0.1, -0.05) is 62.8 Å². The van der Waals surface area contributed by atoms with Gasteiger partial charge in [-0.25, -0.2) is 9.78 Å². The van der Waals surface area contributed by atoms with Crippen LogP contribution >= 0.6 is 0 Å². The lowest BCUT2D eigenvalue weighted by atomic mass is 9.94. The van der Waals surface area contributed by atoms with Gasteiger partial charge in [-0.2, -0.15) is 0 Å². The van der Waals surface area contributed by atoms with Crippen LogP contribution in [0.5, 0.6) is 5.75 Å². The van der Waals surface area contributed by atoms with E-state index in [4.69, 9.17) is 9.15 Å². The molecule has 2 bridgehead atoms. The first kappa shape index (κ1) is 33.0. The normalized spacial score (nSPS) is 24.1. The lowest BCUT2D eigenvalue weighted by Crippen LogP contribution is -2.46. The molecule has 2 heterocycles. The summed E-state index contributed by atoms with van der Waals surface area (Å²) in [6.45, 7) is 7.60. The molecule has 1 aliphatic heterocycles. The molecule has 0 saturated heterocycles. The summed E-state index contributed by atoms with van der Waals surface area (Å²) in [5.41, 5.74) is 1.23. The number of nitrogens with zero attached hydrogens (tertiary/aromatic N) is 1. The number of carbonyl (C=O) groups is 4. The molecule has 11 nitrogen and oxygen atoms in total. The van der Waals surface area contributed by atoms with Gasteiger partial charge in [-0.15, -0.1) is 0 Å². The van der Waals surface area contributed by atoms with Crippen LogP contribution in [0, 0.1) is 11.8 Å². The number of ketones is 1. The Kier molecular flexibility index (Phi) is 12.0. The molecule has 11 heteroatoms. The van der Waals surface area contributed by atoms with Crippen LogP contribution in [0.2, 0.25) is 0 Å². The van der Waals surface area contributed by atoms with Gasteiger partial charge in [0.05, 0.1) is 12.5 Å². The lowest BCUT2D eigenvalue weighted by molar-refractivity contribution is -0.155. The van der Waals surface area contributed by atoms with E-state index in [9.17, 15) is 29.4 Å². The second-order valence-corrected chi connectivity index (χ2v) is 10.9. The number of ether oxygens (including phenoxy) is 1. The van der Waals surface area contributed by atoms with Crippen molar-refractivity contribution >= 4 is 23.6 Å². The number of rotatable bonds is 3. The summed E-state index contributed by atoms with van der Waals surface area (Å²) < 4.78 is 11.2. The van der Waals surface area contributed by atoms with E-state index in [1.165, 1.54) is 24.3 Å². The maximum absolute atomic E-state index is 13.5. The Bertz CT molecular complexity index is 1370. The number of benzene rings is 1. The highest BCUT2D eigenvalue weighted by atomic mass is 16.5. The smallest absolute Gasteiger partial charge is 0.329 e. The van der Waals surface area contributed by atoms with Gasteiger partial charge < -0.3 is 30.0 Å². The number of aliphatic hydroxyl groups excluding tert-OH is 1. The molecule has 2 aromatic rings. The fourth-order valence-corrected chi connectivity index (χ4v) is 4.56. The quantitative estimate of drug-likeness (QED) is 0.391. The van der Waals surface area contributed by atoms with Crippen molar-refractivity contribution in [3.63, 3.8) is 0 Å². The highest BCUT2D eigenvalue weighted by Crippen LogP contribution is 2.20. The maximum atomic E-state index is 13.5. The van der Waals surface area contributed by atoms with Crippen molar-refractivity contribution < 1.29 is 38.5 Å². The standard InChI is InChI=1S/C32H39N3O8/c1-19(2)30-21(4)7-12-28(39)33-13-5-6-20(3)14-24(37)16-25(38)17-29-34-27(18-42-29)31(40)35-26(32(41)43-30)15-22-8-10-23(36)11-9-22/h5-12,14,18-19,21,24,26,30,36-37H,13,15-17H2,1-4H3,(H,33,39)(H,35,40)/b6-5?,12-7+,20-14?/t21-,24-,26-,30?/m1/s1. The Hall–Kier alpha value is -4.51. The minimum atomic E-state index is -1.13. The third-order valence-corrected chi connectivity index (χ3v) is 6.74. The number of phenolic OH excluding ortho intramolecular Hbond substituents is 1. The van der Waals surface area contributed by atoms with Gasteiger partial charge in [0.1, 0.15) is 29.9 Å². The Morgan fingerprint density at radius 1 is 1.09 bits per heavy atom. The second kappa shape index (κ2) is 15.6. The Morgan fingerprint density at radius 2 is 1.81 bits per heavy atom. The van der Waals surface area contributed by atoms with Crippen molar-refractivity contribution in [3.8, 4) is 5.75 Å². The molecule has 4 N–H and O–H groups in total. The first-order valence-electron chi connectivity index (χ1n) is 14.2. The summed E-state index contributed by atoms with van der Waals surface area (Å²) in [6.07, 6.45) is 7.09. The molecule has 0 spiro atoms. The first-order valence-corrected chi connectivity index (χ1v) is 14.2. The minimum Gasteiger partial charge on any atom is -0.508 e. The molecule has 0 fully saturated rings. The number of aromatic hydroxyl groups is 1. The van der Waals surface area contributed by atoms with E-state index in [1.54, 1.807) is 37.3 Å². The van der Waals surface area contributed by atoms with E-state index in [1.807, 2.05) is 20.8 Å². The predicted octanol–water partition coefficient (Wildman–Crippen LogP) is 2.98. The fraction of sp³-hybridized carbons (Fsp3) is 0.406. The summed E-state index contributed by atoms with van der Waals surface area (Å²) in [5, 5.41) is 25.3. The number of Topliss-reactive ketones (excluding diaryl/α,β-unsaturated/α-hetero) is 1. The highest BCUT2D eigenvalue weighted by Gasteiger charge is 2.30. The number of phenols is 1. The third kappa shape index (κ3) is 10.7. The number of hydrogen-bond acceptors (Lipinski definition) is 9. The van der Waals surface area contributed by atoms with Gasteiger partial charge in [0.15, 0.2) is 5.69 Å². The molecule has 1 aromatic heterocycles. The number of carbonyl (C=O) groups excluding carboxylic acids is 4. The molecule has 0 aliphatic carbocycles. The van der Waals surface area contributed by atoms with E-state index in [0.717, 1.165) is 6.26 Å². The maximum Gasteiger partial charge on any atom is 0.329 e. The van der Waals surface area contributed by atoms with Gasteiger partial charge in [0.25, 0.3) is 5.91 Å². The Labute approximate surface area is 250 Å². The number of cyclic esters (lactones) is 1. The van der Waals surface area contributed by atoms with Crippen LogP contribution in [0.4, 0.5) is 0 Å². The van der Waals surface area contributed by atoms with Gasteiger partial charge in [0, 0.05) is 25.3 Å². The van der Waals surface area contributed by atoms with Crippen LogP contribution in [-0.4, -0.2) is 63.6 Å². The molecule has 1 aliphatic rings. The highest BCUT2D eigenvalue weighted by molar-refractivity contribution is 5.95. The number of oxazole rings is 1. The van der Waals surface area contributed by atoms with E-state index in [-0.39, 0.29) is 66.7 Å². The summed E-state index contributed by atoms with van der Waals surface area (Å²) >= 11 is 0. The largest absolute Gasteiger partial charge is 0.508 e. The molecule has 1 unspecified atom stereocenters. The molecular weight excluding hydrogens is 554 g/mol. The predicted molar refractivity (Wildman–Crippen MR) is 158 cm³/mol. The van der Waals surface area contributed by atoms with Crippen LogP contribution < -0.4 is 10.6 Å². The van der Waals surface area contributed by atoms with E-state index >= 15 is 0 Å². The molecule has 43 heavy (non-hydrogen) atoms. The van der Waals surface area contributed by atoms with E-state index < -0.39 is 30.1 Å². The topological polar surface area (TPSA) is 168 Å². The third-order valence-electron chi connectivity index (χ3n) is 6.74. The van der Waals surface area contributed by atoms with Crippen molar-refractivity contribution in [2.75, 3.05) is 6.54 Å². The Morgan fingerprint density at radius 3 is 2.51 bits per heavy atom. The summed E-state index contributed by atoms with van der Waals surface area (Å²) in [7, 11) is 0. The monoisotopic (exact) mass is 593 g/mol. The molecule has 230 valence electrons. The fourth-order valence-electron chi connectivity index (χ4n) is 4.56. The summed E-state index contributed by atoms with van der Waals surface area (Å²) in [5.74, 6) is -2.49. The number of aliphatic hydroxyl groups is 1. The average molecular weight is 594 g/mol. The molecule has 0 saturated carbocycles. The molecule has 4 atom stereocenters. The summed E-state index contributed by atoms with van der Waals surface area (Å²) in [6, 6.07) is 5.07. The van der Waals surface area contributed by atoms with Gasteiger partial charge >= 0.3 is 5.97 Å². The molecule has 2 amide bonds. The van der Waals surface area contributed by atoms with Crippen LogP contribution in [0.3, 0.4) is 0 Å². The average Bonchev–Trinajstić information content (AvgIpc) is 3.41. The number of esters is 1. The van der Waals surface area contributed by atoms with Gasteiger partial charge in [-0.05, 0) is 36.6 Å². The molecule has 1 aromatic carbocycles. The zero-order valence-electron chi connectivity index (χ0n) is 24.8. The number of aromatic nitrogens is 1.